The zero-order valence-corrected chi connectivity index (χ0v) is 12.3. The van der Waals surface area contributed by atoms with Crippen LogP contribution >= 0.6 is 0 Å². The van der Waals surface area contributed by atoms with Crippen molar-refractivity contribution in [2.24, 2.45) is 5.41 Å². The lowest BCUT2D eigenvalue weighted by molar-refractivity contribution is -0.124. The average molecular weight is 262 g/mol. The van der Waals surface area contributed by atoms with E-state index in [0.717, 1.165) is 11.3 Å². The molecular weight excluding hydrogens is 240 g/mol. The largest absolute Gasteiger partial charge is 0.490 e. The molecule has 0 unspecified atom stereocenters. The van der Waals surface area contributed by atoms with E-state index in [4.69, 9.17) is 10.5 Å². The molecule has 0 fully saturated rings. The number of amides is 1. The second-order valence-electron chi connectivity index (χ2n) is 6.82. The zero-order valence-electron chi connectivity index (χ0n) is 12.3. The molecule has 0 saturated heterocycles. The normalized spacial score (nSPS) is 18.1. The Kier molecular flexibility index (Phi) is 3.00. The van der Waals surface area contributed by atoms with Gasteiger partial charge in [0.2, 0.25) is 5.91 Å². The molecular formula is C15H22N2O2. The standard InChI is InChI=1S/C15H22N2O2/c1-14(2,3)10-6-9(16)7-11-12(10)19-8-15(4,5)13(18)17-11/h6-7H,8,16H2,1-5H3,(H,17,18). The van der Waals surface area contributed by atoms with Crippen molar-refractivity contribution in [1.82, 2.24) is 0 Å². The van der Waals surface area contributed by atoms with Gasteiger partial charge in [0.1, 0.15) is 12.4 Å². The number of nitrogens with two attached hydrogens (primary N) is 1. The second kappa shape index (κ2) is 4.15. The lowest BCUT2D eigenvalue weighted by atomic mass is 9.85. The summed E-state index contributed by atoms with van der Waals surface area (Å²) >= 11 is 0. The number of hydrogen-bond donors (Lipinski definition) is 2. The van der Waals surface area contributed by atoms with Crippen molar-refractivity contribution in [2.75, 3.05) is 17.7 Å². The number of carbonyl (C=O) groups is 1. The van der Waals surface area contributed by atoms with Gasteiger partial charge < -0.3 is 15.8 Å². The summed E-state index contributed by atoms with van der Waals surface area (Å²) in [6.45, 7) is 10.4. The number of benzene rings is 1. The fraction of sp³-hybridized carbons (Fsp3) is 0.533. The van der Waals surface area contributed by atoms with E-state index in [0.29, 0.717) is 18.0 Å². The van der Waals surface area contributed by atoms with Crippen molar-refractivity contribution < 1.29 is 9.53 Å². The van der Waals surface area contributed by atoms with E-state index >= 15 is 0 Å². The number of ether oxygens (including phenoxy) is 1. The number of nitrogens with one attached hydrogen (secondary N) is 1. The minimum atomic E-state index is -0.553. The van der Waals surface area contributed by atoms with E-state index in [9.17, 15) is 4.79 Å². The summed E-state index contributed by atoms with van der Waals surface area (Å²) in [6.07, 6.45) is 0. The summed E-state index contributed by atoms with van der Waals surface area (Å²) in [4.78, 5) is 12.1. The van der Waals surface area contributed by atoms with Crippen LogP contribution in [0.5, 0.6) is 5.75 Å². The van der Waals surface area contributed by atoms with Crippen LogP contribution in [0.25, 0.3) is 0 Å². The predicted octanol–water partition coefficient (Wildman–Crippen LogP) is 2.92. The van der Waals surface area contributed by atoms with E-state index in [1.165, 1.54) is 0 Å². The van der Waals surface area contributed by atoms with E-state index in [-0.39, 0.29) is 11.3 Å². The maximum absolute atomic E-state index is 12.1. The molecule has 0 radical (unpaired) electrons. The molecule has 1 aromatic carbocycles. The molecule has 4 heteroatoms. The van der Waals surface area contributed by atoms with Gasteiger partial charge in [-0.05, 0) is 31.4 Å². The summed E-state index contributed by atoms with van der Waals surface area (Å²) in [5.41, 5.74) is 7.60. The minimum Gasteiger partial charge on any atom is -0.490 e. The molecule has 2 rings (SSSR count). The molecule has 1 heterocycles. The third-order valence-electron chi connectivity index (χ3n) is 3.36. The van der Waals surface area contributed by atoms with Gasteiger partial charge in [0, 0.05) is 11.3 Å². The summed E-state index contributed by atoms with van der Waals surface area (Å²) in [5.74, 6) is 0.692. The highest BCUT2D eigenvalue weighted by Gasteiger charge is 2.34. The molecule has 0 saturated carbocycles. The maximum Gasteiger partial charge on any atom is 0.233 e. The Labute approximate surface area is 114 Å². The Balaban J connectivity index is 2.58. The first-order chi connectivity index (χ1) is 8.61. The minimum absolute atomic E-state index is 0.0447. The van der Waals surface area contributed by atoms with Crippen LogP contribution in [0.1, 0.15) is 40.2 Å². The van der Waals surface area contributed by atoms with Gasteiger partial charge in [0.25, 0.3) is 0 Å². The molecule has 0 bridgehead atoms. The Morgan fingerprint density at radius 1 is 1.32 bits per heavy atom. The highest BCUT2D eigenvalue weighted by Crippen LogP contribution is 2.41. The van der Waals surface area contributed by atoms with Crippen LogP contribution in [-0.4, -0.2) is 12.5 Å². The SMILES string of the molecule is CC1(C)COc2c(cc(N)cc2C(C)(C)C)NC1=O. The van der Waals surface area contributed by atoms with Crippen LogP contribution in [0.4, 0.5) is 11.4 Å². The number of carbonyl (C=O) groups excluding carboxylic acids is 1. The molecule has 1 amide bonds. The van der Waals surface area contributed by atoms with Gasteiger partial charge in [0.05, 0.1) is 11.1 Å². The van der Waals surface area contributed by atoms with Crippen LogP contribution in [0.3, 0.4) is 0 Å². The van der Waals surface area contributed by atoms with E-state index < -0.39 is 5.41 Å². The molecule has 1 aliphatic rings. The average Bonchev–Trinajstić information content (AvgIpc) is 2.35. The first-order valence-corrected chi connectivity index (χ1v) is 6.49. The van der Waals surface area contributed by atoms with Crippen molar-refractivity contribution in [2.45, 2.75) is 40.0 Å². The van der Waals surface area contributed by atoms with Crippen LogP contribution < -0.4 is 15.8 Å². The first-order valence-electron chi connectivity index (χ1n) is 6.49. The van der Waals surface area contributed by atoms with Crippen molar-refractivity contribution in [1.29, 1.82) is 0 Å². The maximum atomic E-state index is 12.1. The van der Waals surface area contributed by atoms with Gasteiger partial charge in [-0.2, -0.15) is 0 Å². The van der Waals surface area contributed by atoms with Crippen LogP contribution in [0.2, 0.25) is 0 Å². The Morgan fingerprint density at radius 2 is 1.95 bits per heavy atom. The molecule has 104 valence electrons. The van der Waals surface area contributed by atoms with Gasteiger partial charge in [-0.1, -0.05) is 20.8 Å². The Morgan fingerprint density at radius 3 is 2.53 bits per heavy atom. The first kappa shape index (κ1) is 13.7. The highest BCUT2D eigenvalue weighted by molar-refractivity contribution is 5.97. The molecule has 3 N–H and O–H groups in total. The van der Waals surface area contributed by atoms with Crippen LogP contribution in [-0.2, 0) is 10.2 Å². The van der Waals surface area contributed by atoms with Crippen LogP contribution in [0, 0.1) is 5.41 Å². The van der Waals surface area contributed by atoms with E-state index in [1.54, 1.807) is 6.07 Å². The smallest absolute Gasteiger partial charge is 0.233 e. The topological polar surface area (TPSA) is 64.3 Å². The second-order valence-corrected chi connectivity index (χ2v) is 6.82. The molecule has 1 aromatic rings. The number of nitrogen functional groups attached to an aromatic ring is 1. The molecule has 0 aliphatic carbocycles. The summed E-state index contributed by atoms with van der Waals surface area (Å²) in [6, 6.07) is 3.67. The van der Waals surface area contributed by atoms with Crippen molar-refractivity contribution in [3.05, 3.63) is 17.7 Å². The van der Waals surface area contributed by atoms with Crippen molar-refractivity contribution in [3.63, 3.8) is 0 Å². The fourth-order valence-corrected chi connectivity index (χ4v) is 2.07. The Bertz CT molecular complexity index is 528. The number of hydrogen-bond acceptors (Lipinski definition) is 3. The number of anilines is 2. The van der Waals surface area contributed by atoms with E-state index in [2.05, 4.69) is 26.1 Å². The molecule has 1 aliphatic heterocycles. The third kappa shape index (κ3) is 2.53. The lowest BCUT2D eigenvalue weighted by Crippen LogP contribution is -2.33. The van der Waals surface area contributed by atoms with Crippen molar-refractivity contribution in [3.8, 4) is 5.75 Å². The lowest BCUT2D eigenvalue weighted by Gasteiger charge is -2.24. The molecule has 0 spiro atoms. The van der Waals surface area contributed by atoms with Gasteiger partial charge >= 0.3 is 0 Å². The van der Waals surface area contributed by atoms with Gasteiger partial charge in [-0.25, -0.2) is 0 Å². The summed E-state index contributed by atoms with van der Waals surface area (Å²) < 4.78 is 5.91. The monoisotopic (exact) mass is 262 g/mol. The van der Waals surface area contributed by atoms with Gasteiger partial charge in [-0.3, -0.25) is 4.79 Å². The van der Waals surface area contributed by atoms with Crippen molar-refractivity contribution >= 4 is 17.3 Å². The number of rotatable bonds is 0. The van der Waals surface area contributed by atoms with Gasteiger partial charge in [0.15, 0.2) is 0 Å². The van der Waals surface area contributed by atoms with E-state index in [1.807, 2.05) is 19.9 Å². The third-order valence-corrected chi connectivity index (χ3v) is 3.36. The quantitative estimate of drug-likeness (QED) is 0.706. The fourth-order valence-electron chi connectivity index (χ4n) is 2.07. The highest BCUT2D eigenvalue weighted by atomic mass is 16.5. The molecule has 0 atom stereocenters. The van der Waals surface area contributed by atoms with Crippen LogP contribution in [0.15, 0.2) is 12.1 Å². The summed E-state index contributed by atoms with van der Waals surface area (Å²) in [5, 5.41) is 2.92. The molecule has 0 aromatic heterocycles. The zero-order chi connectivity index (χ0) is 14.4. The Hall–Kier alpha value is -1.71. The van der Waals surface area contributed by atoms with Gasteiger partial charge in [-0.15, -0.1) is 0 Å². The predicted molar refractivity (Wildman–Crippen MR) is 77.5 cm³/mol. The summed E-state index contributed by atoms with van der Waals surface area (Å²) in [7, 11) is 0. The number of fused-ring (bicyclic) bond motifs is 1. The molecule has 19 heavy (non-hydrogen) atoms. The molecule has 4 nitrogen and oxygen atoms in total.